The van der Waals surface area contributed by atoms with E-state index in [9.17, 15) is 4.79 Å². The summed E-state index contributed by atoms with van der Waals surface area (Å²) in [6.45, 7) is 3.53. The minimum absolute atomic E-state index is 0.197. The number of aromatic nitrogens is 2. The third-order valence-corrected chi connectivity index (χ3v) is 2.37. The third-order valence-electron chi connectivity index (χ3n) is 2.16. The normalized spacial score (nSPS) is 10.1. The van der Waals surface area contributed by atoms with Crippen LogP contribution in [-0.4, -0.2) is 9.55 Å². The highest BCUT2D eigenvalue weighted by molar-refractivity contribution is 6.48. The van der Waals surface area contributed by atoms with Crippen molar-refractivity contribution >= 4 is 16.6 Å². The smallest absolute Gasteiger partial charge is 0.266 e. The van der Waals surface area contributed by atoms with Gasteiger partial charge in [-0.1, -0.05) is 36.4 Å². The van der Waals surface area contributed by atoms with Crippen molar-refractivity contribution < 1.29 is 0 Å². The maximum Gasteiger partial charge on any atom is 0.266 e. The van der Waals surface area contributed by atoms with Crippen LogP contribution in [0.1, 0.15) is 5.56 Å². The second-order valence-electron chi connectivity index (χ2n) is 3.22. The molecule has 0 spiro atoms. The largest absolute Gasteiger partial charge is 0.268 e. The summed E-state index contributed by atoms with van der Waals surface area (Å²) in [5.41, 5.74) is 0.842. The molecule has 0 aliphatic rings. The van der Waals surface area contributed by atoms with Gasteiger partial charge in [0.15, 0.2) is 0 Å². The molecule has 0 saturated carbocycles. The van der Waals surface area contributed by atoms with Crippen LogP contribution in [0.3, 0.4) is 0 Å². The van der Waals surface area contributed by atoms with Crippen molar-refractivity contribution in [3.8, 4) is 5.69 Å². The number of rotatable bonds is 2. The summed E-state index contributed by atoms with van der Waals surface area (Å²) in [4.78, 5) is 15.9. The van der Waals surface area contributed by atoms with Gasteiger partial charge in [0, 0.05) is 11.2 Å². The molecule has 0 bridgehead atoms. The Morgan fingerprint density at radius 1 is 1.31 bits per heavy atom. The molecule has 0 N–H and O–H groups in total. The van der Waals surface area contributed by atoms with E-state index in [-0.39, 0.29) is 10.6 Å². The van der Waals surface area contributed by atoms with Gasteiger partial charge in [0.2, 0.25) is 0 Å². The van der Waals surface area contributed by atoms with Crippen LogP contribution < -0.4 is 5.56 Å². The summed E-state index contributed by atoms with van der Waals surface area (Å²) < 4.78 is 1.43. The summed E-state index contributed by atoms with van der Waals surface area (Å²) in [6, 6.07) is 9.23. The minimum Gasteiger partial charge on any atom is -0.268 e. The second kappa shape index (κ2) is 4.33. The van der Waals surface area contributed by atoms with E-state index in [2.05, 4.69) is 11.6 Å². The van der Waals surface area contributed by atoms with Crippen molar-refractivity contribution in [1.29, 1.82) is 0 Å². The number of hydrogen-bond acceptors (Lipinski definition) is 2. The molecule has 0 fully saturated rings. The lowest BCUT2D eigenvalue weighted by Crippen LogP contribution is -2.21. The highest BCUT2D eigenvalue weighted by atomic mass is 35.5. The predicted molar refractivity (Wildman–Crippen MR) is 64.7 cm³/mol. The number of para-hydroxylation sites is 1. The maximum atomic E-state index is 12.0. The molecule has 0 amide bonds. The van der Waals surface area contributed by atoms with Crippen LogP contribution >= 0.6 is 11.6 Å². The van der Waals surface area contributed by atoms with Gasteiger partial charge in [0.05, 0.1) is 11.3 Å². The first-order chi connectivity index (χ1) is 7.70. The van der Waals surface area contributed by atoms with Crippen LogP contribution in [-0.2, 0) is 0 Å². The van der Waals surface area contributed by atoms with E-state index in [1.807, 2.05) is 30.3 Å². The molecule has 0 aliphatic carbocycles. The molecule has 0 unspecified atom stereocenters. The Morgan fingerprint density at radius 2 is 2.00 bits per heavy atom. The van der Waals surface area contributed by atoms with Gasteiger partial charge in [0.25, 0.3) is 5.56 Å². The molecule has 2 rings (SSSR count). The summed E-state index contributed by atoms with van der Waals surface area (Å²) >= 11 is 5.72. The lowest BCUT2D eigenvalue weighted by molar-refractivity contribution is 0.930. The fourth-order valence-corrected chi connectivity index (χ4v) is 1.50. The Morgan fingerprint density at radius 3 is 2.62 bits per heavy atom. The van der Waals surface area contributed by atoms with Crippen LogP contribution in [0.5, 0.6) is 0 Å². The molecule has 0 atom stereocenters. The van der Waals surface area contributed by atoms with Crippen LogP contribution in [0.15, 0.2) is 54.2 Å². The SMILES string of the molecule is C=C(Cl)c1cncn(-c2ccccc2)c1=O. The van der Waals surface area contributed by atoms with Crippen molar-refractivity contribution in [3.63, 3.8) is 0 Å². The summed E-state index contributed by atoms with van der Waals surface area (Å²) in [5, 5.41) is 0.197. The number of hydrogen-bond donors (Lipinski definition) is 0. The number of halogens is 1. The van der Waals surface area contributed by atoms with Crippen molar-refractivity contribution in [2.24, 2.45) is 0 Å². The Bertz CT molecular complexity index is 575. The lowest BCUT2D eigenvalue weighted by atomic mass is 10.3. The monoisotopic (exact) mass is 232 g/mol. The molecular formula is C12H9ClN2O. The van der Waals surface area contributed by atoms with Gasteiger partial charge < -0.3 is 0 Å². The van der Waals surface area contributed by atoms with E-state index in [4.69, 9.17) is 11.6 Å². The third kappa shape index (κ3) is 1.90. The quantitative estimate of drug-likeness (QED) is 0.797. The van der Waals surface area contributed by atoms with Gasteiger partial charge in [-0.2, -0.15) is 0 Å². The van der Waals surface area contributed by atoms with E-state index in [0.29, 0.717) is 5.56 Å². The van der Waals surface area contributed by atoms with Gasteiger partial charge in [-0.3, -0.25) is 9.36 Å². The molecule has 2 aromatic rings. The first-order valence-electron chi connectivity index (χ1n) is 4.67. The van der Waals surface area contributed by atoms with Gasteiger partial charge in [-0.15, -0.1) is 0 Å². The van der Waals surface area contributed by atoms with E-state index in [0.717, 1.165) is 5.69 Å². The predicted octanol–water partition coefficient (Wildman–Crippen LogP) is 2.44. The van der Waals surface area contributed by atoms with E-state index in [1.54, 1.807) is 0 Å². The molecule has 16 heavy (non-hydrogen) atoms. The first kappa shape index (κ1) is 10.6. The van der Waals surface area contributed by atoms with Gasteiger partial charge in [-0.05, 0) is 12.1 Å². The standard InChI is InChI=1S/C12H9ClN2O/c1-9(13)11-7-14-8-15(12(11)16)10-5-3-2-4-6-10/h2-8H,1H2. The highest BCUT2D eigenvalue weighted by Crippen LogP contribution is 2.11. The molecule has 1 aromatic heterocycles. The van der Waals surface area contributed by atoms with Crippen molar-refractivity contribution in [2.45, 2.75) is 0 Å². The topological polar surface area (TPSA) is 34.9 Å². The van der Waals surface area contributed by atoms with E-state index in [1.165, 1.54) is 17.1 Å². The fourth-order valence-electron chi connectivity index (χ4n) is 1.37. The average Bonchev–Trinajstić information content (AvgIpc) is 2.30. The van der Waals surface area contributed by atoms with Crippen molar-refractivity contribution in [3.05, 3.63) is 65.4 Å². The molecule has 3 nitrogen and oxygen atoms in total. The summed E-state index contributed by atoms with van der Waals surface area (Å²) in [5.74, 6) is 0. The Labute approximate surface area is 97.6 Å². The van der Waals surface area contributed by atoms with Crippen LogP contribution in [0, 0.1) is 0 Å². The molecule has 0 saturated heterocycles. The molecule has 80 valence electrons. The van der Waals surface area contributed by atoms with Crippen LogP contribution in [0.25, 0.3) is 10.7 Å². The zero-order valence-electron chi connectivity index (χ0n) is 8.43. The minimum atomic E-state index is -0.221. The zero-order valence-corrected chi connectivity index (χ0v) is 9.19. The van der Waals surface area contributed by atoms with Crippen LogP contribution in [0.4, 0.5) is 0 Å². The number of nitrogens with zero attached hydrogens (tertiary/aromatic N) is 2. The Kier molecular flexibility index (Phi) is 2.88. The number of benzene rings is 1. The molecule has 4 heteroatoms. The van der Waals surface area contributed by atoms with Gasteiger partial charge in [-0.25, -0.2) is 4.98 Å². The molecule has 0 radical (unpaired) electrons. The van der Waals surface area contributed by atoms with Crippen LogP contribution in [0.2, 0.25) is 0 Å². The summed E-state index contributed by atoms with van der Waals surface area (Å²) in [6.07, 6.45) is 2.87. The van der Waals surface area contributed by atoms with Gasteiger partial charge >= 0.3 is 0 Å². The van der Waals surface area contributed by atoms with Gasteiger partial charge in [0.1, 0.15) is 6.33 Å². The molecule has 1 heterocycles. The van der Waals surface area contributed by atoms with E-state index < -0.39 is 0 Å². The molecular weight excluding hydrogens is 224 g/mol. The highest BCUT2D eigenvalue weighted by Gasteiger charge is 2.06. The first-order valence-corrected chi connectivity index (χ1v) is 5.05. The van der Waals surface area contributed by atoms with Crippen molar-refractivity contribution in [2.75, 3.05) is 0 Å². The average molecular weight is 233 g/mol. The second-order valence-corrected chi connectivity index (χ2v) is 3.68. The molecule has 0 aliphatic heterocycles. The zero-order chi connectivity index (χ0) is 11.5. The Balaban J connectivity index is 2.64. The fraction of sp³-hybridized carbons (Fsp3) is 0. The maximum absolute atomic E-state index is 12.0. The summed E-state index contributed by atoms with van der Waals surface area (Å²) in [7, 11) is 0. The molecule has 1 aromatic carbocycles. The lowest BCUT2D eigenvalue weighted by Gasteiger charge is -2.05. The van der Waals surface area contributed by atoms with Crippen molar-refractivity contribution in [1.82, 2.24) is 9.55 Å². The Hall–Kier alpha value is -1.87. The van der Waals surface area contributed by atoms with E-state index >= 15 is 0 Å².